The summed E-state index contributed by atoms with van der Waals surface area (Å²) < 4.78 is 72.6. The molecule has 7 nitrogen and oxygen atoms in total. The number of nitrogens with zero attached hydrogens (tertiary/aromatic N) is 1. The summed E-state index contributed by atoms with van der Waals surface area (Å²) in [6.07, 6.45) is 2.99. The molecule has 0 aromatic heterocycles. The zero-order valence-corrected chi connectivity index (χ0v) is 19.8. The number of alkyl halides is 3. The highest BCUT2D eigenvalue weighted by atomic mass is 32.2. The van der Waals surface area contributed by atoms with Crippen molar-refractivity contribution in [3.05, 3.63) is 23.3 Å². The predicted octanol–water partition coefficient (Wildman–Crippen LogP) is 3.07. The second kappa shape index (κ2) is 7.57. The quantitative estimate of drug-likeness (QED) is 0.471. The summed E-state index contributed by atoms with van der Waals surface area (Å²) in [5.74, 6) is -0.548. The first-order valence-electron chi connectivity index (χ1n) is 11.7. The van der Waals surface area contributed by atoms with Gasteiger partial charge in [-0.1, -0.05) is 19.4 Å². The van der Waals surface area contributed by atoms with E-state index in [2.05, 4.69) is 9.08 Å². The zero-order valence-electron chi connectivity index (χ0n) is 19.0. The Labute approximate surface area is 196 Å². The number of likely N-dealkylation sites (N-methyl/N-ethyl adjacent to an activating group) is 1. The van der Waals surface area contributed by atoms with Crippen LogP contribution in [0.3, 0.4) is 0 Å². The Morgan fingerprint density at radius 1 is 1.29 bits per heavy atom. The Bertz CT molecular complexity index is 1130. The second-order valence-corrected chi connectivity index (χ2v) is 11.6. The Kier molecular flexibility index (Phi) is 5.32. The third kappa shape index (κ3) is 3.15. The van der Waals surface area contributed by atoms with E-state index < -0.39 is 38.5 Å². The lowest BCUT2D eigenvalue weighted by molar-refractivity contribution is -0.167. The van der Waals surface area contributed by atoms with Crippen molar-refractivity contribution < 1.29 is 40.4 Å². The lowest BCUT2D eigenvalue weighted by Gasteiger charge is -2.57. The molecule has 188 valence electrons. The minimum absolute atomic E-state index is 0.0641. The fourth-order valence-electron chi connectivity index (χ4n) is 6.40. The highest BCUT2D eigenvalue weighted by Gasteiger charge is 2.69. The van der Waals surface area contributed by atoms with Gasteiger partial charge in [0.2, 0.25) is 0 Å². The van der Waals surface area contributed by atoms with Crippen molar-refractivity contribution in [2.24, 2.45) is 5.92 Å². The number of carbonyl (C=O) groups excluding carboxylic acids is 1. The van der Waals surface area contributed by atoms with Crippen LogP contribution in [0.25, 0.3) is 0 Å². The highest BCUT2D eigenvalue weighted by molar-refractivity contribution is 7.88. The monoisotopic (exact) mass is 503 g/mol. The number of rotatable bonds is 6. The van der Waals surface area contributed by atoms with Crippen molar-refractivity contribution in [3.63, 3.8) is 0 Å². The van der Waals surface area contributed by atoms with Gasteiger partial charge in [-0.05, 0) is 56.7 Å². The molecule has 1 unspecified atom stereocenters. The highest BCUT2D eigenvalue weighted by Crippen LogP contribution is 2.62. The fraction of sp³-hybridized carbons (Fsp3) is 0.696. The van der Waals surface area contributed by atoms with Crippen LogP contribution in [0.1, 0.15) is 57.1 Å². The number of ether oxygens (including phenoxy) is 1. The van der Waals surface area contributed by atoms with Gasteiger partial charge in [0, 0.05) is 24.6 Å². The van der Waals surface area contributed by atoms with Crippen LogP contribution in [0.5, 0.6) is 11.5 Å². The summed E-state index contributed by atoms with van der Waals surface area (Å²) in [6, 6.07) is 2.36. The number of halogens is 3. The first-order valence-corrected chi connectivity index (χ1v) is 13.1. The van der Waals surface area contributed by atoms with Crippen molar-refractivity contribution in [2.45, 2.75) is 81.0 Å². The molecule has 1 aliphatic heterocycles. The molecule has 0 bridgehead atoms. The van der Waals surface area contributed by atoms with Gasteiger partial charge in [0.05, 0.1) is 11.0 Å². The predicted molar refractivity (Wildman–Crippen MR) is 115 cm³/mol. The molecule has 1 heterocycles. The summed E-state index contributed by atoms with van der Waals surface area (Å²) >= 11 is 0. The molecule has 0 amide bonds. The zero-order chi connectivity index (χ0) is 24.7. The van der Waals surface area contributed by atoms with Crippen molar-refractivity contribution in [2.75, 3.05) is 13.1 Å². The average molecular weight is 504 g/mol. The maximum Gasteiger partial charge on any atom is 0.534 e. The van der Waals surface area contributed by atoms with Gasteiger partial charge in [0.1, 0.15) is 0 Å². The van der Waals surface area contributed by atoms with E-state index in [1.165, 1.54) is 12.5 Å². The van der Waals surface area contributed by atoms with E-state index in [9.17, 15) is 31.5 Å². The molecule has 3 aliphatic carbocycles. The summed E-state index contributed by atoms with van der Waals surface area (Å²) in [7, 11) is -5.94. The molecule has 1 aromatic rings. The largest absolute Gasteiger partial charge is 0.534 e. The number of Topliss-reactive ketones (excluding diaryl/α,β-unsaturated/α-hetero) is 1. The Balaban J connectivity index is 1.62. The minimum Gasteiger partial charge on any atom is -0.477 e. The number of benzene rings is 1. The van der Waals surface area contributed by atoms with Gasteiger partial charge in [-0.2, -0.15) is 21.6 Å². The fourth-order valence-corrected chi connectivity index (χ4v) is 6.86. The summed E-state index contributed by atoms with van der Waals surface area (Å²) in [5.41, 5.74) is -7.16. The smallest absolute Gasteiger partial charge is 0.477 e. The molecule has 4 atom stereocenters. The van der Waals surface area contributed by atoms with Crippen molar-refractivity contribution in [1.82, 2.24) is 4.90 Å². The normalized spacial score (nSPS) is 32.9. The van der Waals surface area contributed by atoms with Gasteiger partial charge >= 0.3 is 15.6 Å². The average Bonchev–Trinajstić information content (AvgIpc) is 3.05. The molecular weight excluding hydrogens is 475 g/mol. The van der Waals surface area contributed by atoms with Crippen LogP contribution >= 0.6 is 0 Å². The first kappa shape index (κ1) is 23.9. The molecule has 11 heteroatoms. The molecule has 2 fully saturated rings. The van der Waals surface area contributed by atoms with Gasteiger partial charge in [0.15, 0.2) is 23.4 Å². The SMILES string of the molecule is CCN(CC1CCC1)[C@@H]1Cc2ccc(OS(=O)(=O)C(F)(F)F)c3c2[C@@]2(C)C(O3)C(=O)CC[C@@]12O. The third-order valence-corrected chi connectivity index (χ3v) is 9.41. The molecule has 2 saturated carbocycles. The standard InChI is InChI=1S/C23H28F3NO6S/c1-3-27(12-13-5-4-6-13)17-11-14-7-8-16(33-34(30,31)23(24,25)26)19-18(14)21(2)20(32-19)15(28)9-10-22(17,21)29/h7-8,13,17,20,29H,3-6,9-12H2,1-2H3/t17-,20?,21+,22-/m1/s1. The van der Waals surface area contributed by atoms with Crippen LogP contribution in [0.2, 0.25) is 0 Å². The molecule has 34 heavy (non-hydrogen) atoms. The number of carbonyl (C=O) groups is 1. The molecule has 1 aromatic carbocycles. The van der Waals surface area contributed by atoms with E-state index >= 15 is 0 Å². The molecule has 0 radical (unpaired) electrons. The molecule has 5 rings (SSSR count). The van der Waals surface area contributed by atoms with Crippen molar-refractivity contribution >= 4 is 15.9 Å². The van der Waals surface area contributed by atoms with Gasteiger partial charge in [0.25, 0.3) is 0 Å². The van der Waals surface area contributed by atoms with Crippen LogP contribution in [-0.2, 0) is 26.7 Å². The lowest BCUT2D eigenvalue weighted by Crippen LogP contribution is -2.72. The van der Waals surface area contributed by atoms with Crippen LogP contribution < -0.4 is 8.92 Å². The molecule has 4 aliphatic rings. The van der Waals surface area contributed by atoms with Crippen LogP contribution in [0.4, 0.5) is 13.2 Å². The maximum absolute atomic E-state index is 13.0. The van der Waals surface area contributed by atoms with E-state index in [-0.39, 0.29) is 30.4 Å². The van der Waals surface area contributed by atoms with Crippen molar-refractivity contribution in [1.29, 1.82) is 0 Å². The van der Waals surface area contributed by atoms with E-state index in [4.69, 9.17) is 4.74 Å². The van der Waals surface area contributed by atoms with E-state index in [1.54, 1.807) is 6.92 Å². The summed E-state index contributed by atoms with van der Waals surface area (Å²) in [4.78, 5) is 15.2. The molecule has 0 spiro atoms. The van der Waals surface area contributed by atoms with E-state index in [0.717, 1.165) is 25.5 Å². The number of aliphatic hydroxyl groups is 1. The van der Waals surface area contributed by atoms with Gasteiger partial charge in [-0.25, -0.2) is 0 Å². The van der Waals surface area contributed by atoms with Crippen LogP contribution in [0, 0.1) is 5.92 Å². The molecular formula is C23H28F3NO6S. The number of hydrogen-bond donors (Lipinski definition) is 1. The van der Waals surface area contributed by atoms with Crippen LogP contribution in [-0.4, -0.2) is 60.6 Å². The molecule has 1 N–H and O–H groups in total. The Morgan fingerprint density at radius 2 is 2.00 bits per heavy atom. The lowest BCUT2D eigenvalue weighted by atomic mass is 9.52. The summed E-state index contributed by atoms with van der Waals surface area (Å²) in [6.45, 7) is 5.26. The number of ketones is 1. The minimum atomic E-state index is -5.94. The maximum atomic E-state index is 13.0. The van der Waals surface area contributed by atoms with Gasteiger partial charge in [-0.3, -0.25) is 9.69 Å². The second-order valence-electron chi connectivity index (χ2n) is 10.1. The van der Waals surface area contributed by atoms with Gasteiger partial charge < -0.3 is 14.0 Å². The topological polar surface area (TPSA) is 93.1 Å². The number of hydrogen-bond acceptors (Lipinski definition) is 7. The van der Waals surface area contributed by atoms with Gasteiger partial charge in [-0.15, -0.1) is 0 Å². The van der Waals surface area contributed by atoms with Crippen molar-refractivity contribution in [3.8, 4) is 11.5 Å². The van der Waals surface area contributed by atoms with Crippen LogP contribution in [0.15, 0.2) is 12.1 Å². The third-order valence-electron chi connectivity index (χ3n) is 8.44. The molecule has 0 saturated heterocycles. The van der Waals surface area contributed by atoms with E-state index in [0.29, 0.717) is 30.0 Å². The van der Waals surface area contributed by atoms with E-state index in [1.807, 2.05) is 6.92 Å². The Morgan fingerprint density at radius 3 is 2.59 bits per heavy atom. The Hall–Kier alpha value is -1.85. The first-order chi connectivity index (χ1) is 15.8. The summed E-state index contributed by atoms with van der Waals surface area (Å²) in [5, 5.41) is 12.2.